The third-order valence-electron chi connectivity index (χ3n) is 3.73. The van der Waals surface area contributed by atoms with Crippen molar-refractivity contribution >= 4 is 22.6 Å². The van der Waals surface area contributed by atoms with E-state index in [9.17, 15) is 4.79 Å². The maximum atomic E-state index is 11.9. The fraction of sp³-hybridized carbons (Fsp3) is 0.214. The summed E-state index contributed by atoms with van der Waals surface area (Å²) in [7, 11) is 0. The Hall–Kier alpha value is -2.63. The van der Waals surface area contributed by atoms with Crippen LogP contribution >= 0.6 is 0 Å². The number of hydrogen-bond acceptors (Lipinski definition) is 3. The zero-order valence-electron chi connectivity index (χ0n) is 10.9. The first-order chi connectivity index (χ1) is 9.76. The van der Waals surface area contributed by atoms with Crippen molar-refractivity contribution in [3.8, 4) is 11.6 Å². The molecule has 20 heavy (non-hydrogen) atoms. The molecule has 3 N–H and O–H groups in total. The average Bonchev–Trinajstić information content (AvgIpc) is 3.12. The molecular weight excluding hydrogens is 254 g/mol. The van der Waals surface area contributed by atoms with Crippen molar-refractivity contribution in [1.82, 2.24) is 19.9 Å². The molecule has 2 aromatic heterocycles. The number of nitrogens with zero attached hydrogens (tertiary/aromatic N) is 2. The molecular formula is C14H13N5O. The Balaban J connectivity index is 1.88. The summed E-state index contributed by atoms with van der Waals surface area (Å²) in [6, 6.07) is 3.93. The maximum absolute atomic E-state index is 11.9. The summed E-state index contributed by atoms with van der Waals surface area (Å²) in [5.74, 6) is 1.41. The predicted molar refractivity (Wildman–Crippen MR) is 75.3 cm³/mol. The standard InChI is InChI=1S/C14H13N5O/c1-2-7-8-5-10-11(6-9(8)19-14(7)20)18-13(17-10)12-15-3-4-16-12/h3-7H,2H2,1H3,(H,15,16)(H,17,18)(H,19,20). The van der Waals surface area contributed by atoms with Crippen LogP contribution in [0, 0.1) is 0 Å². The molecule has 1 amide bonds. The molecule has 6 heteroatoms. The Morgan fingerprint density at radius 2 is 2.20 bits per heavy atom. The molecule has 0 spiro atoms. The summed E-state index contributed by atoms with van der Waals surface area (Å²) >= 11 is 0. The molecule has 6 nitrogen and oxygen atoms in total. The molecule has 1 atom stereocenters. The van der Waals surface area contributed by atoms with Crippen molar-refractivity contribution < 1.29 is 4.79 Å². The van der Waals surface area contributed by atoms with Gasteiger partial charge >= 0.3 is 0 Å². The second kappa shape index (κ2) is 3.93. The Bertz CT molecular complexity index is 802. The molecule has 0 aliphatic carbocycles. The Kier molecular flexibility index (Phi) is 2.20. The van der Waals surface area contributed by atoms with Crippen molar-refractivity contribution in [2.75, 3.05) is 5.32 Å². The number of hydrogen-bond donors (Lipinski definition) is 3. The summed E-state index contributed by atoms with van der Waals surface area (Å²) < 4.78 is 0. The van der Waals surface area contributed by atoms with Gasteiger partial charge in [0.1, 0.15) is 0 Å². The first kappa shape index (κ1) is 11.2. The number of H-pyrrole nitrogens is 2. The minimum Gasteiger partial charge on any atom is -0.342 e. The lowest BCUT2D eigenvalue weighted by Gasteiger charge is -2.03. The lowest BCUT2D eigenvalue weighted by atomic mass is 9.98. The SMILES string of the molecule is CCC1C(=O)Nc2cc3[nH]c(-c4ncc[nH]4)nc3cc21. The number of amides is 1. The molecule has 0 bridgehead atoms. The van der Waals surface area contributed by atoms with Gasteiger partial charge in [0, 0.05) is 18.1 Å². The van der Waals surface area contributed by atoms with Gasteiger partial charge in [0.15, 0.2) is 11.6 Å². The number of benzene rings is 1. The van der Waals surface area contributed by atoms with E-state index in [2.05, 4.69) is 25.3 Å². The number of aromatic amines is 2. The quantitative estimate of drug-likeness (QED) is 0.666. The van der Waals surface area contributed by atoms with Crippen molar-refractivity contribution in [1.29, 1.82) is 0 Å². The van der Waals surface area contributed by atoms with Crippen LogP contribution in [0.4, 0.5) is 5.69 Å². The highest BCUT2D eigenvalue weighted by Gasteiger charge is 2.29. The molecule has 100 valence electrons. The van der Waals surface area contributed by atoms with Gasteiger partial charge < -0.3 is 15.3 Å². The van der Waals surface area contributed by atoms with Gasteiger partial charge in [0.25, 0.3) is 0 Å². The Morgan fingerprint density at radius 3 is 2.95 bits per heavy atom. The minimum atomic E-state index is -0.0711. The molecule has 1 aliphatic heterocycles. The largest absolute Gasteiger partial charge is 0.342 e. The molecule has 0 saturated carbocycles. The van der Waals surface area contributed by atoms with Crippen molar-refractivity contribution in [3.05, 3.63) is 30.1 Å². The van der Waals surface area contributed by atoms with Gasteiger partial charge in [-0.15, -0.1) is 0 Å². The molecule has 1 aromatic carbocycles. The van der Waals surface area contributed by atoms with Crippen molar-refractivity contribution in [2.45, 2.75) is 19.3 Å². The number of nitrogens with one attached hydrogen (secondary N) is 3. The third-order valence-corrected chi connectivity index (χ3v) is 3.73. The Morgan fingerprint density at radius 1 is 1.30 bits per heavy atom. The van der Waals surface area contributed by atoms with E-state index in [1.165, 1.54) is 0 Å². The molecule has 0 radical (unpaired) electrons. The van der Waals surface area contributed by atoms with E-state index < -0.39 is 0 Å². The van der Waals surface area contributed by atoms with Crippen molar-refractivity contribution in [2.24, 2.45) is 0 Å². The van der Waals surface area contributed by atoms with Crippen LogP contribution in [0.5, 0.6) is 0 Å². The third kappa shape index (κ3) is 1.48. The maximum Gasteiger partial charge on any atom is 0.231 e. The fourth-order valence-corrected chi connectivity index (χ4v) is 2.74. The van der Waals surface area contributed by atoms with Gasteiger partial charge in [0.2, 0.25) is 5.91 Å². The van der Waals surface area contributed by atoms with Gasteiger partial charge in [-0.3, -0.25) is 4.79 Å². The van der Waals surface area contributed by atoms with E-state index in [0.717, 1.165) is 28.7 Å². The predicted octanol–water partition coefficient (Wildman–Crippen LogP) is 2.40. The van der Waals surface area contributed by atoms with E-state index in [4.69, 9.17) is 0 Å². The first-order valence-corrected chi connectivity index (χ1v) is 6.60. The number of imidazole rings is 2. The Labute approximate surface area is 114 Å². The van der Waals surface area contributed by atoms with Gasteiger partial charge in [-0.05, 0) is 24.1 Å². The molecule has 0 saturated heterocycles. The summed E-state index contributed by atoms with van der Waals surface area (Å²) in [5, 5.41) is 2.92. The highest BCUT2D eigenvalue weighted by atomic mass is 16.2. The van der Waals surface area contributed by atoms with Crippen LogP contribution < -0.4 is 5.32 Å². The molecule has 1 unspecified atom stereocenters. The van der Waals surface area contributed by atoms with Gasteiger partial charge in [0.05, 0.1) is 17.0 Å². The highest BCUT2D eigenvalue weighted by molar-refractivity contribution is 6.05. The van der Waals surface area contributed by atoms with Crippen LogP contribution in [0.15, 0.2) is 24.5 Å². The molecule has 3 aromatic rings. The van der Waals surface area contributed by atoms with Crippen LogP contribution in [-0.2, 0) is 4.79 Å². The van der Waals surface area contributed by atoms with Crippen LogP contribution in [0.1, 0.15) is 24.8 Å². The average molecular weight is 267 g/mol. The monoisotopic (exact) mass is 267 g/mol. The molecule has 3 heterocycles. The van der Waals surface area contributed by atoms with Crippen molar-refractivity contribution in [3.63, 3.8) is 0 Å². The van der Waals surface area contributed by atoms with Crippen LogP contribution in [0.2, 0.25) is 0 Å². The first-order valence-electron chi connectivity index (χ1n) is 6.60. The van der Waals surface area contributed by atoms with Crippen LogP contribution in [0.3, 0.4) is 0 Å². The summed E-state index contributed by atoms with van der Waals surface area (Å²) in [6.45, 7) is 2.02. The van der Waals surface area contributed by atoms with Gasteiger partial charge in [-0.25, -0.2) is 9.97 Å². The lowest BCUT2D eigenvalue weighted by Crippen LogP contribution is -2.10. The van der Waals surface area contributed by atoms with Crippen LogP contribution in [0.25, 0.3) is 22.7 Å². The van der Waals surface area contributed by atoms with Gasteiger partial charge in [-0.1, -0.05) is 6.92 Å². The number of carbonyl (C=O) groups excluding carboxylic acids is 1. The second-order valence-electron chi connectivity index (χ2n) is 4.93. The topological polar surface area (TPSA) is 86.5 Å². The van der Waals surface area contributed by atoms with E-state index >= 15 is 0 Å². The normalized spacial score (nSPS) is 17.4. The van der Waals surface area contributed by atoms with Gasteiger partial charge in [-0.2, -0.15) is 0 Å². The smallest absolute Gasteiger partial charge is 0.231 e. The molecule has 0 fully saturated rings. The zero-order valence-corrected chi connectivity index (χ0v) is 10.9. The molecule has 4 rings (SSSR count). The fourth-order valence-electron chi connectivity index (χ4n) is 2.74. The number of anilines is 1. The van der Waals surface area contributed by atoms with E-state index in [1.807, 2.05) is 19.1 Å². The summed E-state index contributed by atoms with van der Waals surface area (Å²) in [4.78, 5) is 26.8. The van der Waals surface area contributed by atoms with E-state index in [-0.39, 0.29) is 11.8 Å². The van der Waals surface area contributed by atoms with Crippen LogP contribution in [-0.4, -0.2) is 25.8 Å². The number of aromatic nitrogens is 4. The lowest BCUT2D eigenvalue weighted by molar-refractivity contribution is -0.117. The van der Waals surface area contributed by atoms with E-state index in [1.54, 1.807) is 12.4 Å². The number of rotatable bonds is 2. The number of carbonyl (C=O) groups is 1. The number of fused-ring (bicyclic) bond motifs is 2. The van der Waals surface area contributed by atoms with E-state index in [0.29, 0.717) is 11.6 Å². The minimum absolute atomic E-state index is 0.0708. The second-order valence-corrected chi connectivity index (χ2v) is 4.93. The summed E-state index contributed by atoms with van der Waals surface area (Å²) in [5.41, 5.74) is 3.66. The highest BCUT2D eigenvalue weighted by Crippen LogP contribution is 2.37. The molecule has 1 aliphatic rings. The zero-order chi connectivity index (χ0) is 13.7. The summed E-state index contributed by atoms with van der Waals surface area (Å²) in [6.07, 6.45) is 4.24.